The number of hydrogen-bond donors (Lipinski definition) is 1. The highest BCUT2D eigenvalue weighted by Crippen LogP contribution is 2.18. The number of hydrogen-bond acceptors (Lipinski definition) is 3. The predicted octanol–water partition coefficient (Wildman–Crippen LogP) is 1.54. The fraction of sp³-hybridized carbons (Fsp3) is 0.300. The average molecular weight is 191 g/mol. The molecule has 1 unspecified atom stereocenters. The van der Waals surface area contributed by atoms with Gasteiger partial charge in [-0.15, -0.1) is 0 Å². The second kappa shape index (κ2) is 3.67. The Hall–Kier alpha value is -1.55. The minimum Gasteiger partial charge on any atom is -0.467 e. The lowest BCUT2D eigenvalue weighted by Crippen LogP contribution is -2.09. The van der Waals surface area contributed by atoms with Gasteiger partial charge in [0.15, 0.2) is 0 Å². The largest absolute Gasteiger partial charge is 0.467 e. The van der Waals surface area contributed by atoms with Gasteiger partial charge in [0.2, 0.25) is 0 Å². The molecular weight excluding hydrogens is 178 g/mol. The lowest BCUT2D eigenvalue weighted by atomic mass is 10.1. The molecule has 0 amide bonds. The Kier molecular flexibility index (Phi) is 2.37. The number of nitrogens with two attached hydrogens (primary N) is 1. The molecule has 2 heterocycles. The highest BCUT2D eigenvalue weighted by Gasteiger charge is 2.12. The summed E-state index contributed by atoms with van der Waals surface area (Å²) in [5.74, 6) is 0.764. The van der Waals surface area contributed by atoms with Gasteiger partial charge in [-0.3, -0.25) is 4.68 Å². The summed E-state index contributed by atoms with van der Waals surface area (Å²) in [6.45, 7) is 2.89. The van der Waals surface area contributed by atoms with Crippen LogP contribution in [0.15, 0.2) is 35.2 Å². The van der Waals surface area contributed by atoms with Crippen LogP contribution in [-0.2, 0) is 6.54 Å². The molecule has 2 aromatic heterocycles. The van der Waals surface area contributed by atoms with Crippen molar-refractivity contribution in [1.29, 1.82) is 0 Å². The van der Waals surface area contributed by atoms with E-state index < -0.39 is 0 Å². The quantitative estimate of drug-likeness (QED) is 0.800. The van der Waals surface area contributed by atoms with Gasteiger partial charge in [-0.05, 0) is 19.1 Å². The van der Waals surface area contributed by atoms with Gasteiger partial charge >= 0.3 is 0 Å². The van der Waals surface area contributed by atoms with Crippen LogP contribution in [0.3, 0.4) is 0 Å². The third kappa shape index (κ3) is 1.56. The van der Waals surface area contributed by atoms with E-state index in [0.29, 0.717) is 0 Å². The van der Waals surface area contributed by atoms with Crippen molar-refractivity contribution in [2.45, 2.75) is 19.5 Å². The molecule has 2 rings (SSSR count). The van der Waals surface area contributed by atoms with Crippen LogP contribution >= 0.6 is 0 Å². The maximum absolute atomic E-state index is 5.98. The van der Waals surface area contributed by atoms with Crippen molar-refractivity contribution >= 4 is 0 Å². The van der Waals surface area contributed by atoms with Gasteiger partial charge in [0.25, 0.3) is 0 Å². The summed E-state index contributed by atoms with van der Waals surface area (Å²) in [5.41, 5.74) is 6.96. The van der Waals surface area contributed by atoms with Crippen LogP contribution in [0.5, 0.6) is 0 Å². The summed E-state index contributed by atoms with van der Waals surface area (Å²) in [5, 5.41) is 4.16. The van der Waals surface area contributed by atoms with Crippen molar-refractivity contribution in [2.75, 3.05) is 0 Å². The zero-order chi connectivity index (χ0) is 9.97. The number of furan rings is 1. The molecule has 2 N–H and O–H groups in total. The van der Waals surface area contributed by atoms with Crippen molar-refractivity contribution in [1.82, 2.24) is 9.78 Å². The molecule has 1 atom stereocenters. The molecule has 2 aromatic rings. The minimum absolute atomic E-state index is 0.217. The van der Waals surface area contributed by atoms with Crippen LogP contribution in [0, 0.1) is 0 Å². The molecular formula is C10H13N3O. The Morgan fingerprint density at radius 1 is 1.64 bits per heavy atom. The number of nitrogens with zero attached hydrogens (tertiary/aromatic N) is 2. The first kappa shape index (κ1) is 9.02. The van der Waals surface area contributed by atoms with Crippen LogP contribution in [-0.4, -0.2) is 9.78 Å². The van der Waals surface area contributed by atoms with Crippen molar-refractivity contribution < 1.29 is 4.42 Å². The molecule has 0 saturated carbocycles. The summed E-state index contributed by atoms with van der Waals surface area (Å²) in [6.07, 6.45) is 5.34. The molecule has 74 valence electrons. The van der Waals surface area contributed by atoms with Crippen molar-refractivity contribution in [2.24, 2.45) is 5.73 Å². The Morgan fingerprint density at radius 2 is 2.50 bits per heavy atom. The topological polar surface area (TPSA) is 57.0 Å². The molecule has 0 fully saturated rings. The maximum atomic E-state index is 5.98. The predicted molar refractivity (Wildman–Crippen MR) is 52.6 cm³/mol. The molecule has 0 bridgehead atoms. The standard InChI is InChI=1S/C10H13N3O/c1-2-13-7-8(6-12-13)10(11)9-4-3-5-14-9/h3-7,10H,2,11H2,1H3. The molecule has 14 heavy (non-hydrogen) atoms. The normalized spacial score (nSPS) is 13.0. The second-order valence-electron chi connectivity index (χ2n) is 3.12. The van der Waals surface area contributed by atoms with E-state index in [2.05, 4.69) is 5.10 Å². The van der Waals surface area contributed by atoms with Gasteiger partial charge < -0.3 is 10.2 Å². The number of aromatic nitrogens is 2. The van der Waals surface area contributed by atoms with Gasteiger partial charge in [-0.1, -0.05) is 0 Å². The highest BCUT2D eigenvalue weighted by molar-refractivity contribution is 5.20. The molecule has 4 nitrogen and oxygen atoms in total. The van der Waals surface area contributed by atoms with Crippen molar-refractivity contribution in [3.05, 3.63) is 42.1 Å². The van der Waals surface area contributed by atoms with Crippen LogP contribution in [0.4, 0.5) is 0 Å². The minimum atomic E-state index is -0.217. The van der Waals surface area contributed by atoms with E-state index in [1.54, 1.807) is 12.5 Å². The van der Waals surface area contributed by atoms with Crippen LogP contribution in [0.25, 0.3) is 0 Å². The van der Waals surface area contributed by atoms with Gasteiger partial charge in [0, 0.05) is 18.3 Å². The molecule has 0 aliphatic heterocycles. The Bertz CT molecular complexity index is 391. The van der Waals surface area contributed by atoms with E-state index in [4.69, 9.17) is 10.2 Å². The third-order valence-electron chi connectivity index (χ3n) is 2.19. The zero-order valence-electron chi connectivity index (χ0n) is 8.05. The lowest BCUT2D eigenvalue weighted by molar-refractivity contribution is 0.489. The van der Waals surface area contributed by atoms with Crippen molar-refractivity contribution in [3.8, 4) is 0 Å². The molecule has 0 saturated heterocycles. The van der Waals surface area contributed by atoms with E-state index in [1.807, 2.05) is 29.9 Å². The van der Waals surface area contributed by atoms with Crippen molar-refractivity contribution in [3.63, 3.8) is 0 Å². The maximum Gasteiger partial charge on any atom is 0.125 e. The lowest BCUT2D eigenvalue weighted by Gasteiger charge is -2.04. The van der Waals surface area contributed by atoms with Crippen LogP contribution < -0.4 is 5.73 Å². The fourth-order valence-corrected chi connectivity index (χ4v) is 1.35. The molecule has 0 radical (unpaired) electrons. The Morgan fingerprint density at radius 3 is 3.07 bits per heavy atom. The van der Waals surface area contributed by atoms with E-state index in [9.17, 15) is 0 Å². The second-order valence-corrected chi connectivity index (χ2v) is 3.12. The van der Waals surface area contributed by atoms with Gasteiger partial charge in [-0.25, -0.2) is 0 Å². The van der Waals surface area contributed by atoms with Gasteiger partial charge in [0.05, 0.1) is 18.5 Å². The average Bonchev–Trinajstić information content (AvgIpc) is 2.88. The number of aryl methyl sites for hydroxylation is 1. The van der Waals surface area contributed by atoms with Crippen LogP contribution in [0.1, 0.15) is 24.3 Å². The molecule has 4 heteroatoms. The summed E-state index contributed by atoms with van der Waals surface area (Å²) >= 11 is 0. The fourth-order valence-electron chi connectivity index (χ4n) is 1.35. The SMILES string of the molecule is CCn1cc(C(N)c2ccco2)cn1. The monoisotopic (exact) mass is 191 g/mol. The first-order valence-corrected chi connectivity index (χ1v) is 4.62. The first-order valence-electron chi connectivity index (χ1n) is 4.62. The smallest absolute Gasteiger partial charge is 0.125 e. The number of rotatable bonds is 3. The molecule has 0 aliphatic rings. The first-order chi connectivity index (χ1) is 6.81. The van der Waals surface area contributed by atoms with Gasteiger partial charge in [-0.2, -0.15) is 5.10 Å². The van der Waals surface area contributed by atoms with Crippen LogP contribution in [0.2, 0.25) is 0 Å². The van der Waals surface area contributed by atoms with E-state index in [1.165, 1.54) is 0 Å². The molecule has 0 aromatic carbocycles. The zero-order valence-corrected chi connectivity index (χ0v) is 8.05. The van der Waals surface area contributed by atoms with E-state index in [0.717, 1.165) is 17.9 Å². The molecule has 0 spiro atoms. The summed E-state index contributed by atoms with van der Waals surface area (Å²) in [7, 11) is 0. The van der Waals surface area contributed by atoms with E-state index >= 15 is 0 Å². The molecule has 0 aliphatic carbocycles. The highest BCUT2D eigenvalue weighted by atomic mass is 16.3. The summed E-state index contributed by atoms with van der Waals surface area (Å²) in [4.78, 5) is 0. The summed E-state index contributed by atoms with van der Waals surface area (Å²) in [6, 6.07) is 3.48. The Balaban J connectivity index is 2.23. The summed E-state index contributed by atoms with van der Waals surface area (Å²) < 4.78 is 7.08. The van der Waals surface area contributed by atoms with Gasteiger partial charge in [0.1, 0.15) is 5.76 Å². The third-order valence-corrected chi connectivity index (χ3v) is 2.19. The van der Waals surface area contributed by atoms with E-state index in [-0.39, 0.29) is 6.04 Å². The Labute approximate surface area is 82.3 Å².